The third-order valence-electron chi connectivity index (χ3n) is 5.18. The topological polar surface area (TPSA) is 26.3 Å². The molecule has 2 aliphatic carbocycles. The van der Waals surface area contributed by atoms with Gasteiger partial charge in [0.05, 0.1) is 0 Å². The van der Waals surface area contributed by atoms with Gasteiger partial charge in [0, 0.05) is 0 Å². The Kier molecular flexibility index (Phi) is 5.18. The molecule has 2 saturated carbocycles. The van der Waals surface area contributed by atoms with E-state index < -0.39 is 0 Å². The lowest BCUT2D eigenvalue weighted by Gasteiger charge is -2.40. The summed E-state index contributed by atoms with van der Waals surface area (Å²) in [6, 6.07) is 0. The smallest absolute Gasteiger partial charge is 0.322 e. The molecule has 0 aromatic rings. The Hall–Kier alpha value is 0.200. The predicted molar refractivity (Wildman–Crippen MR) is 86.6 cm³/mol. The molecular formula is C16H27IO2. The van der Waals surface area contributed by atoms with Crippen molar-refractivity contribution in [2.45, 2.75) is 87.1 Å². The van der Waals surface area contributed by atoms with E-state index >= 15 is 0 Å². The zero-order valence-corrected chi connectivity index (χ0v) is 14.5. The Labute approximate surface area is 131 Å². The Bertz CT molecular complexity index is 313. The van der Waals surface area contributed by atoms with Crippen LogP contribution in [0.5, 0.6) is 0 Å². The maximum Gasteiger partial charge on any atom is 0.322 e. The Morgan fingerprint density at radius 3 is 2.32 bits per heavy atom. The highest BCUT2D eigenvalue weighted by Crippen LogP contribution is 2.46. The average molecular weight is 378 g/mol. The molecule has 2 rings (SSSR count). The number of ether oxygens (including phenoxy) is 1. The predicted octanol–water partition coefficient (Wildman–Crippen LogP) is 5.03. The molecule has 19 heavy (non-hydrogen) atoms. The third kappa shape index (κ3) is 3.45. The normalized spacial score (nSPS) is 26.9. The van der Waals surface area contributed by atoms with Gasteiger partial charge in [-0.3, -0.25) is 4.79 Å². The minimum Gasteiger partial charge on any atom is -0.458 e. The molecule has 0 amide bonds. The molecule has 1 atom stereocenters. The van der Waals surface area contributed by atoms with Crippen LogP contribution in [0.15, 0.2) is 0 Å². The number of hydrogen-bond acceptors (Lipinski definition) is 2. The van der Waals surface area contributed by atoms with Gasteiger partial charge in [-0.15, -0.1) is 0 Å². The van der Waals surface area contributed by atoms with Crippen molar-refractivity contribution in [3.63, 3.8) is 0 Å². The van der Waals surface area contributed by atoms with Crippen molar-refractivity contribution in [1.29, 1.82) is 0 Å². The van der Waals surface area contributed by atoms with E-state index in [2.05, 4.69) is 29.5 Å². The van der Waals surface area contributed by atoms with Gasteiger partial charge in [0.2, 0.25) is 0 Å². The van der Waals surface area contributed by atoms with Crippen LogP contribution in [0, 0.1) is 5.92 Å². The third-order valence-corrected chi connectivity index (χ3v) is 6.39. The molecule has 0 spiro atoms. The summed E-state index contributed by atoms with van der Waals surface area (Å²) >= 11 is 2.26. The maximum atomic E-state index is 12.5. The number of halogens is 1. The van der Waals surface area contributed by atoms with Crippen molar-refractivity contribution in [1.82, 2.24) is 0 Å². The zero-order valence-electron chi connectivity index (χ0n) is 12.3. The second-order valence-electron chi connectivity index (χ2n) is 6.55. The van der Waals surface area contributed by atoms with E-state index in [-0.39, 0.29) is 15.0 Å². The second kappa shape index (κ2) is 6.31. The van der Waals surface area contributed by atoms with E-state index in [0.717, 1.165) is 19.3 Å². The monoisotopic (exact) mass is 378 g/mol. The number of carbonyl (C=O) groups is 1. The first kappa shape index (κ1) is 15.6. The number of alkyl halides is 1. The van der Waals surface area contributed by atoms with E-state index in [1.54, 1.807) is 0 Å². The molecule has 0 heterocycles. The first-order valence-electron chi connectivity index (χ1n) is 7.92. The van der Waals surface area contributed by atoms with Gasteiger partial charge in [-0.25, -0.2) is 0 Å². The minimum absolute atomic E-state index is 0.0167. The first-order chi connectivity index (χ1) is 9.00. The van der Waals surface area contributed by atoms with Crippen molar-refractivity contribution in [2.75, 3.05) is 0 Å². The quantitative estimate of drug-likeness (QED) is 0.390. The van der Waals surface area contributed by atoms with Gasteiger partial charge >= 0.3 is 5.97 Å². The molecule has 0 bridgehead atoms. The van der Waals surface area contributed by atoms with E-state index in [0.29, 0.717) is 5.92 Å². The summed E-state index contributed by atoms with van der Waals surface area (Å²) in [4.78, 5) is 12.5. The van der Waals surface area contributed by atoms with E-state index in [4.69, 9.17) is 4.74 Å². The highest BCUT2D eigenvalue weighted by molar-refractivity contribution is 14.1. The maximum absolute atomic E-state index is 12.5. The van der Waals surface area contributed by atoms with E-state index in [1.165, 1.54) is 44.9 Å². The van der Waals surface area contributed by atoms with Gasteiger partial charge in [0.25, 0.3) is 0 Å². The summed E-state index contributed by atoms with van der Waals surface area (Å²) in [5.41, 5.74) is -0.112. The lowest BCUT2D eigenvalue weighted by Crippen LogP contribution is -2.45. The van der Waals surface area contributed by atoms with Gasteiger partial charge in [-0.05, 0) is 57.8 Å². The van der Waals surface area contributed by atoms with E-state index in [1.807, 2.05) is 6.92 Å². The van der Waals surface area contributed by atoms with Crippen molar-refractivity contribution in [3.8, 4) is 0 Å². The van der Waals surface area contributed by atoms with Gasteiger partial charge < -0.3 is 4.74 Å². The molecule has 0 saturated heterocycles. The van der Waals surface area contributed by atoms with Crippen molar-refractivity contribution in [2.24, 2.45) is 5.92 Å². The standard InChI is InChI=1S/C16H27IO2/c1-3-15(2,17)14(18)19-16(11-7-8-12-16)13-9-5-4-6-10-13/h13H,3-12H2,1-2H3. The fourth-order valence-corrected chi connectivity index (χ4v) is 3.74. The highest BCUT2D eigenvalue weighted by Gasteiger charge is 2.47. The summed E-state index contributed by atoms with van der Waals surface area (Å²) in [5, 5.41) is 0. The molecule has 0 aliphatic heterocycles. The Morgan fingerprint density at radius 1 is 1.21 bits per heavy atom. The molecule has 0 radical (unpaired) electrons. The van der Waals surface area contributed by atoms with Crippen LogP contribution >= 0.6 is 22.6 Å². The second-order valence-corrected chi connectivity index (χ2v) is 8.93. The molecular weight excluding hydrogens is 351 g/mol. The van der Waals surface area contributed by atoms with Crippen LogP contribution in [0.25, 0.3) is 0 Å². The van der Waals surface area contributed by atoms with Crippen LogP contribution in [0.2, 0.25) is 0 Å². The summed E-state index contributed by atoms with van der Waals surface area (Å²) in [5.74, 6) is 0.639. The summed E-state index contributed by atoms with van der Waals surface area (Å²) in [6.07, 6.45) is 12.0. The van der Waals surface area contributed by atoms with Crippen molar-refractivity contribution in [3.05, 3.63) is 0 Å². The number of hydrogen-bond donors (Lipinski definition) is 0. The zero-order chi connectivity index (χ0) is 13.9. The highest BCUT2D eigenvalue weighted by atomic mass is 127. The molecule has 110 valence electrons. The van der Waals surface area contributed by atoms with E-state index in [9.17, 15) is 4.79 Å². The molecule has 1 unspecified atom stereocenters. The minimum atomic E-state index is -0.359. The van der Waals surface area contributed by atoms with Crippen LogP contribution in [0.3, 0.4) is 0 Å². The average Bonchev–Trinajstić information content (AvgIpc) is 2.89. The number of rotatable bonds is 4. The summed E-state index contributed by atoms with van der Waals surface area (Å²) in [6.45, 7) is 4.06. The van der Waals surface area contributed by atoms with Crippen LogP contribution in [0.1, 0.15) is 78.1 Å². The van der Waals surface area contributed by atoms with Crippen LogP contribution < -0.4 is 0 Å². The van der Waals surface area contributed by atoms with Crippen LogP contribution in [-0.4, -0.2) is 15.0 Å². The molecule has 2 nitrogen and oxygen atoms in total. The van der Waals surface area contributed by atoms with Crippen LogP contribution in [0.4, 0.5) is 0 Å². The number of esters is 1. The van der Waals surface area contributed by atoms with Gasteiger partial charge in [-0.2, -0.15) is 0 Å². The molecule has 3 heteroatoms. The lowest BCUT2D eigenvalue weighted by atomic mass is 9.75. The fraction of sp³-hybridized carbons (Fsp3) is 0.938. The molecule has 0 aromatic heterocycles. The van der Waals surface area contributed by atoms with Crippen molar-refractivity contribution >= 4 is 28.6 Å². The fourth-order valence-electron chi connectivity index (χ4n) is 3.63. The van der Waals surface area contributed by atoms with Crippen LogP contribution in [-0.2, 0) is 9.53 Å². The molecule has 0 aromatic carbocycles. The van der Waals surface area contributed by atoms with Crippen molar-refractivity contribution < 1.29 is 9.53 Å². The Morgan fingerprint density at radius 2 is 1.79 bits per heavy atom. The van der Waals surface area contributed by atoms with Gasteiger partial charge in [0.1, 0.15) is 9.02 Å². The van der Waals surface area contributed by atoms with Gasteiger partial charge in [-0.1, -0.05) is 48.8 Å². The first-order valence-corrected chi connectivity index (χ1v) is 9.00. The SMILES string of the molecule is CCC(C)(I)C(=O)OC1(C2CCCCC2)CCCC1. The van der Waals surface area contributed by atoms with Gasteiger partial charge in [0.15, 0.2) is 0 Å². The number of carbonyl (C=O) groups excluding carboxylic acids is 1. The molecule has 2 aliphatic rings. The lowest BCUT2D eigenvalue weighted by molar-refractivity contribution is -0.169. The molecule has 0 N–H and O–H groups in total. The largest absolute Gasteiger partial charge is 0.458 e. The molecule has 2 fully saturated rings. The summed E-state index contributed by atoms with van der Waals surface area (Å²) < 4.78 is 5.79. The Balaban J connectivity index is 2.09. The summed E-state index contributed by atoms with van der Waals surface area (Å²) in [7, 11) is 0.